The molecule has 32 heavy (non-hydrogen) atoms. The van der Waals surface area contributed by atoms with Crippen LogP contribution < -0.4 is 15.7 Å². The zero-order chi connectivity index (χ0) is 22.8. The van der Waals surface area contributed by atoms with Crippen molar-refractivity contribution < 1.29 is 13.2 Å². The van der Waals surface area contributed by atoms with Crippen molar-refractivity contribution in [2.45, 2.75) is 50.8 Å². The van der Waals surface area contributed by atoms with Crippen molar-refractivity contribution in [2.24, 2.45) is 0 Å². The van der Waals surface area contributed by atoms with E-state index >= 15 is 0 Å². The number of piperidine rings is 1. The van der Waals surface area contributed by atoms with Crippen molar-refractivity contribution in [1.82, 2.24) is 5.32 Å². The van der Waals surface area contributed by atoms with Gasteiger partial charge < -0.3 is 9.74 Å². The standard InChI is InChI=1S/C27H31F2NOSi/c1-27(2,3)32(22-10-6-4-7-11-22,23-12-8-5-9-13-23)31-21-16-17-30-26(19-21)24-18-20(28)14-15-25(24)29/h4-15,18,21,26,30H,16-17,19H2,1-3H3/t21-,26+/m1/s1. The van der Waals surface area contributed by atoms with Gasteiger partial charge in [-0.05, 0) is 53.0 Å². The summed E-state index contributed by atoms with van der Waals surface area (Å²) in [5.41, 5.74) is 0.376. The highest BCUT2D eigenvalue weighted by Crippen LogP contribution is 2.39. The molecule has 0 aromatic heterocycles. The fourth-order valence-corrected chi connectivity index (χ4v) is 9.68. The van der Waals surface area contributed by atoms with Crippen LogP contribution in [0.15, 0.2) is 78.9 Å². The van der Waals surface area contributed by atoms with E-state index in [1.54, 1.807) is 0 Å². The topological polar surface area (TPSA) is 21.3 Å². The van der Waals surface area contributed by atoms with Gasteiger partial charge in [-0.15, -0.1) is 0 Å². The Labute approximate surface area is 190 Å². The molecule has 3 aromatic carbocycles. The lowest BCUT2D eigenvalue weighted by atomic mass is 9.95. The third kappa shape index (κ3) is 4.42. The van der Waals surface area contributed by atoms with Gasteiger partial charge in [0.15, 0.2) is 0 Å². The van der Waals surface area contributed by atoms with Gasteiger partial charge in [-0.3, -0.25) is 0 Å². The largest absolute Gasteiger partial charge is 0.404 e. The van der Waals surface area contributed by atoms with Gasteiger partial charge in [0.05, 0.1) is 0 Å². The summed E-state index contributed by atoms with van der Waals surface area (Å²) in [6.45, 7) is 7.46. The molecule has 0 bridgehead atoms. The summed E-state index contributed by atoms with van der Waals surface area (Å²) in [5, 5.41) is 5.70. The summed E-state index contributed by atoms with van der Waals surface area (Å²) in [6, 6.07) is 24.5. The Kier molecular flexibility index (Phi) is 6.61. The van der Waals surface area contributed by atoms with Gasteiger partial charge in [0.2, 0.25) is 0 Å². The molecular formula is C27H31F2NOSi. The van der Waals surface area contributed by atoms with Gasteiger partial charge in [0.1, 0.15) is 11.6 Å². The van der Waals surface area contributed by atoms with Crippen LogP contribution in [0, 0.1) is 11.6 Å². The summed E-state index contributed by atoms with van der Waals surface area (Å²) >= 11 is 0. The molecule has 1 N–H and O–H groups in total. The fourth-order valence-electron chi connectivity index (χ4n) is 4.95. The molecular weight excluding hydrogens is 420 g/mol. The van der Waals surface area contributed by atoms with Gasteiger partial charge in [-0.25, -0.2) is 8.78 Å². The average molecular weight is 452 g/mol. The minimum atomic E-state index is -2.69. The van der Waals surface area contributed by atoms with Crippen LogP contribution in [0.4, 0.5) is 8.78 Å². The monoisotopic (exact) mass is 451 g/mol. The van der Waals surface area contributed by atoms with E-state index in [4.69, 9.17) is 4.43 Å². The second kappa shape index (κ2) is 9.26. The molecule has 4 rings (SSSR count). The summed E-state index contributed by atoms with van der Waals surface area (Å²) in [5.74, 6) is -0.798. The highest BCUT2D eigenvalue weighted by Gasteiger charge is 2.51. The van der Waals surface area contributed by atoms with E-state index in [1.165, 1.54) is 22.5 Å². The van der Waals surface area contributed by atoms with Crippen molar-refractivity contribution in [1.29, 1.82) is 0 Å². The molecule has 1 aliphatic rings. The molecule has 1 aliphatic heterocycles. The van der Waals surface area contributed by atoms with Gasteiger partial charge in [0, 0.05) is 17.7 Å². The quantitative estimate of drug-likeness (QED) is 0.529. The van der Waals surface area contributed by atoms with Crippen molar-refractivity contribution in [3.8, 4) is 0 Å². The van der Waals surface area contributed by atoms with Crippen molar-refractivity contribution in [3.05, 3.63) is 96.1 Å². The highest BCUT2D eigenvalue weighted by atomic mass is 28.4. The average Bonchev–Trinajstić information content (AvgIpc) is 2.79. The van der Waals surface area contributed by atoms with E-state index in [1.807, 2.05) is 12.1 Å². The van der Waals surface area contributed by atoms with E-state index < -0.39 is 14.1 Å². The van der Waals surface area contributed by atoms with Crippen molar-refractivity contribution in [2.75, 3.05) is 6.54 Å². The first-order valence-corrected chi connectivity index (χ1v) is 13.2. The molecule has 0 saturated carbocycles. The van der Waals surface area contributed by atoms with Gasteiger partial charge in [0.25, 0.3) is 8.32 Å². The molecule has 0 unspecified atom stereocenters. The number of halogens is 2. The Morgan fingerprint density at radius 1 is 0.875 bits per heavy atom. The maximum absolute atomic E-state index is 14.5. The summed E-state index contributed by atoms with van der Waals surface area (Å²) < 4.78 is 35.6. The first kappa shape index (κ1) is 22.8. The van der Waals surface area contributed by atoms with Gasteiger partial charge >= 0.3 is 0 Å². The zero-order valence-electron chi connectivity index (χ0n) is 18.9. The SMILES string of the molecule is CC(C)(C)[Si](O[C@@H]1CCN[C@H](c2cc(F)ccc2F)C1)(c1ccccc1)c1ccccc1. The Bertz CT molecular complexity index is 997. The van der Waals surface area contributed by atoms with Gasteiger partial charge in [-0.2, -0.15) is 0 Å². The molecule has 1 saturated heterocycles. The fraction of sp³-hybridized carbons (Fsp3) is 0.333. The zero-order valence-corrected chi connectivity index (χ0v) is 19.9. The molecule has 0 radical (unpaired) electrons. The van der Waals surface area contributed by atoms with Crippen LogP contribution in [0.1, 0.15) is 45.2 Å². The van der Waals surface area contributed by atoms with Crippen LogP contribution in [0.5, 0.6) is 0 Å². The molecule has 1 heterocycles. The summed E-state index contributed by atoms with van der Waals surface area (Å²) in [6.07, 6.45) is 1.37. The molecule has 0 amide bonds. The molecule has 3 aromatic rings. The van der Waals surface area contributed by atoms with Gasteiger partial charge in [-0.1, -0.05) is 81.4 Å². The first-order valence-electron chi connectivity index (χ1n) is 11.3. The minimum Gasteiger partial charge on any atom is -0.404 e. The molecule has 1 fully saturated rings. The number of rotatable bonds is 5. The number of benzene rings is 3. The molecule has 168 valence electrons. The van der Waals surface area contributed by atoms with Crippen molar-refractivity contribution >= 4 is 18.7 Å². The number of hydrogen-bond acceptors (Lipinski definition) is 2. The Balaban J connectivity index is 1.74. The van der Waals surface area contributed by atoms with Crippen LogP contribution in [0.3, 0.4) is 0 Å². The molecule has 2 nitrogen and oxygen atoms in total. The maximum atomic E-state index is 14.5. The lowest BCUT2D eigenvalue weighted by Gasteiger charge is -2.46. The van der Waals surface area contributed by atoms with Crippen LogP contribution in [0.25, 0.3) is 0 Å². The second-order valence-electron chi connectivity index (χ2n) is 9.60. The van der Waals surface area contributed by atoms with Crippen molar-refractivity contribution in [3.63, 3.8) is 0 Å². The Hall–Kier alpha value is -2.34. The Morgan fingerprint density at radius 3 is 2.03 bits per heavy atom. The summed E-state index contributed by atoms with van der Waals surface area (Å²) in [4.78, 5) is 0. The van der Waals surface area contributed by atoms with Crippen LogP contribution in [-0.4, -0.2) is 21.0 Å². The smallest absolute Gasteiger partial charge is 0.261 e. The first-order chi connectivity index (χ1) is 15.3. The van der Waals surface area contributed by atoms with E-state index in [0.717, 1.165) is 12.5 Å². The molecule has 5 heteroatoms. The second-order valence-corrected chi connectivity index (χ2v) is 13.9. The van der Waals surface area contributed by atoms with E-state index in [0.29, 0.717) is 18.5 Å². The molecule has 0 aliphatic carbocycles. The molecule has 2 atom stereocenters. The lowest BCUT2D eigenvalue weighted by Crippen LogP contribution is -2.68. The van der Waals surface area contributed by atoms with E-state index in [9.17, 15) is 8.78 Å². The summed E-state index contributed by atoms with van der Waals surface area (Å²) in [7, 11) is -2.69. The normalized spacial score (nSPS) is 19.7. The third-order valence-electron chi connectivity index (χ3n) is 6.45. The number of hydrogen-bond donors (Lipinski definition) is 1. The van der Waals surface area contributed by atoms with Crippen LogP contribution in [0.2, 0.25) is 5.04 Å². The predicted octanol–water partition coefficient (Wildman–Crippen LogP) is 5.33. The maximum Gasteiger partial charge on any atom is 0.261 e. The van der Waals surface area contributed by atoms with Crippen LogP contribution in [-0.2, 0) is 4.43 Å². The van der Waals surface area contributed by atoms with E-state index in [2.05, 4.69) is 74.6 Å². The van der Waals surface area contributed by atoms with E-state index in [-0.39, 0.29) is 23.0 Å². The minimum absolute atomic E-state index is 0.0600. The predicted molar refractivity (Wildman–Crippen MR) is 129 cm³/mol. The Morgan fingerprint density at radius 2 is 1.47 bits per heavy atom. The molecule has 0 spiro atoms. The number of nitrogens with one attached hydrogen (secondary N) is 1. The lowest BCUT2D eigenvalue weighted by molar-refractivity contribution is 0.128. The third-order valence-corrected chi connectivity index (χ3v) is 11.5. The highest BCUT2D eigenvalue weighted by molar-refractivity contribution is 6.99. The van der Waals surface area contributed by atoms with Crippen LogP contribution >= 0.6 is 0 Å².